The van der Waals surface area contributed by atoms with Gasteiger partial charge in [-0.25, -0.2) is 27.8 Å². The van der Waals surface area contributed by atoms with Crippen LogP contribution in [0.2, 0.25) is 5.02 Å². The fraction of sp³-hybridized carbons (Fsp3) is 0.321. The Kier molecular flexibility index (Phi) is 7.17. The summed E-state index contributed by atoms with van der Waals surface area (Å²) < 4.78 is 31.6. The number of amides is 1. The van der Waals surface area contributed by atoms with Gasteiger partial charge in [0.1, 0.15) is 23.3 Å². The predicted octanol–water partition coefficient (Wildman–Crippen LogP) is 4.69. The predicted molar refractivity (Wildman–Crippen MR) is 150 cm³/mol. The Labute approximate surface area is 234 Å². The van der Waals surface area contributed by atoms with Crippen molar-refractivity contribution in [2.24, 2.45) is 0 Å². The van der Waals surface area contributed by atoms with Crippen LogP contribution in [-0.2, 0) is 4.79 Å². The number of pyridine rings is 1. The van der Waals surface area contributed by atoms with Gasteiger partial charge in [-0.05, 0) is 52.0 Å². The van der Waals surface area contributed by atoms with E-state index < -0.39 is 17.3 Å². The minimum atomic E-state index is -0.836. The van der Waals surface area contributed by atoms with Crippen molar-refractivity contribution in [1.29, 1.82) is 0 Å². The summed E-state index contributed by atoms with van der Waals surface area (Å²) in [5, 5.41) is 5.00. The monoisotopic (exact) mass is 567 g/mol. The average molecular weight is 568 g/mol. The Morgan fingerprint density at radius 3 is 2.60 bits per heavy atom. The van der Waals surface area contributed by atoms with E-state index in [0.717, 1.165) is 12.1 Å². The van der Waals surface area contributed by atoms with Crippen molar-refractivity contribution >= 4 is 34.4 Å². The minimum absolute atomic E-state index is 0.00956. The number of piperazine rings is 1. The second-order valence-electron chi connectivity index (χ2n) is 10.1. The first kappa shape index (κ1) is 27.4. The molecular weight excluding hydrogens is 540 g/mol. The standard InChI is InChI=1S/C28H28ClF2N7O2/c1-6-23(39)35-9-10-36(17(5)14-35)25-20-12-21(29)24(19-8-7-18(30)11-22(19)31)33-26(20)37(28(40)34-25)27-16(4)13-32-38(27)15(2)3/h6-8,11-13,15,17H,1,9-10,14H2,2-5H3/t17-/m0/s1. The Morgan fingerprint density at radius 2 is 1.95 bits per heavy atom. The van der Waals surface area contributed by atoms with Crippen molar-refractivity contribution in [2.45, 2.75) is 39.8 Å². The van der Waals surface area contributed by atoms with Crippen LogP contribution in [0.4, 0.5) is 14.6 Å². The second-order valence-corrected chi connectivity index (χ2v) is 10.5. The van der Waals surface area contributed by atoms with Gasteiger partial charge in [0.15, 0.2) is 5.65 Å². The minimum Gasteiger partial charge on any atom is -0.350 e. The maximum Gasteiger partial charge on any atom is 0.357 e. The number of aromatic nitrogens is 5. The quantitative estimate of drug-likeness (QED) is 0.325. The molecule has 1 amide bonds. The zero-order chi connectivity index (χ0) is 28.9. The zero-order valence-electron chi connectivity index (χ0n) is 22.5. The van der Waals surface area contributed by atoms with Crippen molar-refractivity contribution < 1.29 is 13.6 Å². The van der Waals surface area contributed by atoms with E-state index in [1.807, 2.05) is 32.6 Å². The molecule has 1 aromatic carbocycles. The summed E-state index contributed by atoms with van der Waals surface area (Å²) >= 11 is 6.67. The van der Waals surface area contributed by atoms with Crippen LogP contribution in [0.5, 0.6) is 0 Å². The third kappa shape index (κ3) is 4.64. The fourth-order valence-electron chi connectivity index (χ4n) is 5.09. The number of rotatable bonds is 5. The molecular formula is C28H28ClF2N7O2. The van der Waals surface area contributed by atoms with E-state index in [2.05, 4.69) is 16.7 Å². The van der Waals surface area contributed by atoms with Gasteiger partial charge in [0.25, 0.3) is 0 Å². The van der Waals surface area contributed by atoms with Crippen molar-refractivity contribution in [3.63, 3.8) is 0 Å². The van der Waals surface area contributed by atoms with Gasteiger partial charge < -0.3 is 9.80 Å². The lowest BCUT2D eigenvalue weighted by Gasteiger charge is -2.40. The first-order valence-electron chi connectivity index (χ1n) is 12.8. The molecule has 208 valence electrons. The Morgan fingerprint density at radius 1 is 1.20 bits per heavy atom. The number of fused-ring (bicyclic) bond motifs is 1. The molecule has 1 fully saturated rings. The van der Waals surface area contributed by atoms with Crippen molar-refractivity contribution in [3.8, 4) is 17.1 Å². The highest BCUT2D eigenvalue weighted by Gasteiger charge is 2.30. The fourth-order valence-corrected chi connectivity index (χ4v) is 5.34. The normalized spacial score (nSPS) is 15.8. The van der Waals surface area contributed by atoms with Crippen LogP contribution in [0, 0.1) is 18.6 Å². The third-order valence-electron chi connectivity index (χ3n) is 7.02. The van der Waals surface area contributed by atoms with E-state index in [9.17, 15) is 18.4 Å². The highest BCUT2D eigenvalue weighted by molar-refractivity contribution is 6.33. The number of carbonyl (C=O) groups excluding carboxylic acids is 1. The van der Waals surface area contributed by atoms with Crippen molar-refractivity contribution in [1.82, 2.24) is 29.2 Å². The van der Waals surface area contributed by atoms with Crippen molar-refractivity contribution in [3.05, 3.63) is 75.8 Å². The second kappa shape index (κ2) is 10.5. The number of carbonyl (C=O) groups is 1. The first-order chi connectivity index (χ1) is 19.0. The number of hydrogen-bond acceptors (Lipinski definition) is 6. The molecule has 12 heteroatoms. The molecule has 1 aliphatic rings. The highest BCUT2D eigenvalue weighted by Crippen LogP contribution is 2.35. The van der Waals surface area contributed by atoms with E-state index in [1.54, 1.807) is 21.8 Å². The molecule has 0 saturated carbocycles. The number of aryl methyl sites for hydroxylation is 1. The topological polar surface area (TPSA) is 89.2 Å². The number of benzene rings is 1. The molecule has 0 bridgehead atoms. The summed E-state index contributed by atoms with van der Waals surface area (Å²) in [6, 6.07) is 4.44. The SMILES string of the molecule is C=CC(=O)N1CCN(c2nc(=O)n(-c3c(C)cnn3C(C)C)c3nc(-c4ccc(F)cc4F)c(Cl)cc23)[C@@H](C)C1. The van der Waals surface area contributed by atoms with Crippen LogP contribution in [0.15, 0.2) is 47.9 Å². The lowest BCUT2D eigenvalue weighted by atomic mass is 10.1. The molecule has 9 nitrogen and oxygen atoms in total. The van der Waals surface area contributed by atoms with Gasteiger partial charge >= 0.3 is 5.69 Å². The molecule has 4 aromatic rings. The van der Waals surface area contributed by atoms with Gasteiger partial charge in [0, 0.05) is 48.9 Å². The summed E-state index contributed by atoms with van der Waals surface area (Å²) in [5.41, 5.74) is 0.345. The van der Waals surface area contributed by atoms with Crippen LogP contribution in [0.3, 0.4) is 0 Å². The molecule has 4 heterocycles. The van der Waals surface area contributed by atoms with Crippen LogP contribution in [0.25, 0.3) is 28.1 Å². The lowest BCUT2D eigenvalue weighted by molar-refractivity contribution is -0.126. The maximum absolute atomic E-state index is 14.9. The lowest BCUT2D eigenvalue weighted by Crippen LogP contribution is -2.54. The number of nitrogens with zero attached hydrogens (tertiary/aromatic N) is 7. The molecule has 1 aliphatic heterocycles. The van der Waals surface area contributed by atoms with Gasteiger partial charge in [0.05, 0.1) is 22.3 Å². The van der Waals surface area contributed by atoms with E-state index in [-0.39, 0.29) is 39.9 Å². The first-order valence-corrected chi connectivity index (χ1v) is 13.2. The van der Waals surface area contributed by atoms with E-state index in [4.69, 9.17) is 16.6 Å². The van der Waals surface area contributed by atoms with Crippen LogP contribution < -0.4 is 10.6 Å². The summed E-state index contributed by atoms with van der Waals surface area (Å²) in [6.07, 6.45) is 2.92. The Balaban J connectivity index is 1.79. The molecule has 1 atom stereocenters. The van der Waals surface area contributed by atoms with Crippen LogP contribution in [0.1, 0.15) is 32.4 Å². The summed E-state index contributed by atoms with van der Waals surface area (Å²) in [4.78, 5) is 38.8. The van der Waals surface area contributed by atoms with Crippen molar-refractivity contribution in [2.75, 3.05) is 24.5 Å². The Hall–Kier alpha value is -4.12. The molecule has 0 unspecified atom stereocenters. The average Bonchev–Trinajstić information content (AvgIpc) is 3.29. The van der Waals surface area contributed by atoms with Gasteiger partial charge in [-0.1, -0.05) is 18.2 Å². The van der Waals surface area contributed by atoms with Crippen LogP contribution >= 0.6 is 11.6 Å². The molecule has 5 rings (SSSR count). The number of hydrogen-bond donors (Lipinski definition) is 0. The molecule has 3 aromatic heterocycles. The van der Waals surface area contributed by atoms with E-state index >= 15 is 0 Å². The van der Waals surface area contributed by atoms with Gasteiger partial charge in [-0.3, -0.25) is 4.79 Å². The van der Waals surface area contributed by atoms with E-state index in [0.29, 0.717) is 42.2 Å². The summed E-state index contributed by atoms with van der Waals surface area (Å²) in [6.45, 7) is 12.4. The van der Waals surface area contributed by atoms with E-state index in [1.165, 1.54) is 16.7 Å². The zero-order valence-corrected chi connectivity index (χ0v) is 23.3. The molecule has 0 N–H and O–H groups in total. The van der Waals surface area contributed by atoms with Gasteiger partial charge in [-0.15, -0.1) is 0 Å². The highest BCUT2D eigenvalue weighted by atomic mass is 35.5. The van der Waals surface area contributed by atoms with Crippen LogP contribution in [-0.4, -0.2) is 60.8 Å². The maximum atomic E-state index is 14.9. The molecule has 0 spiro atoms. The largest absolute Gasteiger partial charge is 0.357 e. The molecule has 0 aliphatic carbocycles. The number of anilines is 1. The Bertz CT molecular complexity index is 1720. The molecule has 1 saturated heterocycles. The third-order valence-corrected chi connectivity index (χ3v) is 7.31. The summed E-state index contributed by atoms with van der Waals surface area (Å²) in [7, 11) is 0. The molecule has 0 radical (unpaired) electrons. The molecule has 40 heavy (non-hydrogen) atoms. The smallest absolute Gasteiger partial charge is 0.350 e. The summed E-state index contributed by atoms with van der Waals surface area (Å²) in [5.74, 6) is -0.923. The number of halogens is 3. The van der Waals surface area contributed by atoms with Gasteiger partial charge in [-0.2, -0.15) is 10.1 Å². The van der Waals surface area contributed by atoms with Gasteiger partial charge in [0.2, 0.25) is 5.91 Å².